The molecule has 1 heterocycles. The van der Waals surface area contributed by atoms with Gasteiger partial charge in [0.1, 0.15) is 0 Å². The molecule has 1 aromatic rings. The van der Waals surface area contributed by atoms with Crippen LogP contribution in [0.4, 0.5) is 4.39 Å². The number of ether oxygens (including phenoxy) is 1. The molecule has 1 aromatic heterocycles. The second-order valence-corrected chi connectivity index (χ2v) is 4.55. The van der Waals surface area contributed by atoms with E-state index in [4.69, 9.17) is 4.74 Å². The van der Waals surface area contributed by atoms with Crippen molar-refractivity contribution in [3.63, 3.8) is 0 Å². The first-order valence-corrected chi connectivity index (χ1v) is 4.66. The molecule has 0 aliphatic heterocycles. The van der Waals surface area contributed by atoms with Crippen LogP contribution >= 0.6 is 11.3 Å². The van der Waals surface area contributed by atoms with Crippen molar-refractivity contribution in [3.05, 3.63) is 16.8 Å². The highest BCUT2D eigenvalue weighted by molar-refractivity contribution is 7.12. The molecule has 12 heavy (non-hydrogen) atoms. The second kappa shape index (κ2) is 3.05. The smallest absolute Gasteiger partial charge is 0.210 e. The zero-order chi connectivity index (χ0) is 9.35. The Labute approximate surface area is 76.2 Å². The van der Waals surface area contributed by atoms with Crippen LogP contribution in [0.3, 0.4) is 0 Å². The van der Waals surface area contributed by atoms with Crippen LogP contribution in [-0.4, -0.2) is 7.11 Å². The van der Waals surface area contributed by atoms with Gasteiger partial charge in [0.05, 0.1) is 7.11 Å². The molecule has 0 amide bonds. The molecule has 0 aromatic carbocycles. The Kier molecular flexibility index (Phi) is 2.42. The molecule has 1 nitrogen and oxygen atoms in total. The van der Waals surface area contributed by atoms with E-state index in [-0.39, 0.29) is 11.2 Å². The topological polar surface area (TPSA) is 9.23 Å². The maximum Gasteiger partial charge on any atom is 0.210 e. The van der Waals surface area contributed by atoms with Crippen LogP contribution in [0.25, 0.3) is 0 Å². The Morgan fingerprint density at radius 1 is 1.42 bits per heavy atom. The molecule has 0 N–H and O–H groups in total. The van der Waals surface area contributed by atoms with Gasteiger partial charge in [-0.25, -0.2) is 4.39 Å². The molecule has 3 heteroatoms. The lowest BCUT2D eigenvalue weighted by Crippen LogP contribution is -2.11. The van der Waals surface area contributed by atoms with Gasteiger partial charge in [-0.15, -0.1) is 11.3 Å². The monoisotopic (exact) mass is 188 g/mol. The predicted octanol–water partition coefficient (Wildman–Crippen LogP) is 3.19. The Balaban J connectivity index is 3.11. The summed E-state index contributed by atoms with van der Waals surface area (Å²) in [7, 11) is 1.49. The van der Waals surface area contributed by atoms with Crippen LogP contribution in [-0.2, 0) is 5.41 Å². The highest BCUT2D eigenvalue weighted by Crippen LogP contribution is 2.35. The lowest BCUT2D eigenvalue weighted by molar-refractivity contribution is 0.393. The fraction of sp³-hybridized carbons (Fsp3) is 0.556. The van der Waals surface area contributed by atoms with Crippen molar-refractivity contribution >= 4 is 11.3 Å². The van der Waals surface area contributed by atoms with Gasteiger partial charge >= 0.3 is 0 Å². The van der Waals surface area contributed by atoms with Gasteiger partial charge in [-0.2, -0.15) is 0 Å². The van der Waals surface area contributed by atoms with E-state index >= 15 is 0 Å². The van der Waals surface area contributed by atoms with E-state index in [0.29, 0.717) is 5.06 Å². The summed E-state index contributed by atoms with van der Waals surface area (Å²) in [5.74, 6) is -0.213. The summed E-state index contributed by atoms with van der Waals surface area (Å²) in [6, 6.07) is 0. The highest BCUT2D eigenvalue weighted by Gasteiger charge is 2.22. The molecular formula is C9H13FOS. The molecule has 0 radical (unpaired) electrons. The summed E-state index contributed by atoms with van der Waals surface area (Å²) in [5, 5.41) is 2.19. The first-order valence-electron chi connectivity index (χ1n) is 3.78. The SMILES string of the molecule is COc1scc(C(C)(C)C)c1F. The molecule has 0 aliphatic rings. The number of rotatable bonds is 1. The highest BCUT2D eigenvalue weighted by atomic mass is 32.1. The molecule has 0 unspecified atom stereocenters. The number of hydrogen-bond acceptors (Lipinski definition) is 2. The van der Waals surface area contributed by atoms with E-state index < -0.39 is 0 Å². The number of thiophene rings is 1. The Morgan fingerprint density at radius 2 is 2.00 bits per heavy atom. The van der Waals surface area contributed by atoms with E-state index in [9.17, 15) is 4.39 Å². The molecule has 1 rings (SSSR count). The third-order valence-corrected chi connectivity index (χ3v) is 2.61. The lowest BCUT2D eigenvalue weighted by atomic mass is 9.89. The van der Waals surface area contributed by atoms with E-state index in [2.05, 4.69) is 0 Å². The normalized spacial score (nSPS) is 11.8. The summed E-state index contributed by atoms with van der Waals surface area (Å²) < 4.78 is 18.3. The molecule has 0 aliphatic carbocycles. The van der Waals surface area contributed by atoms with Crippen LogP contribution in [0.5, 0.6) is 5.06 Å². The van der Waals surface area contributed by atoms with Crippen molar-refractivity contribution in [1.29, 1.82) is 0 Å². The predicted molar refractivity (Wildman–Crippen MR) is 49.5 cm³/mol. The number of halogens is 1. The van der Waals surface area contributed by atoms with E-state index in [1.54, 1.807) is 0 Å². The van der Waals surface area contributed by atoms with Crippen LogP contribution < -0.4 is 4.74 Å². The van der Waals surface area contributed by atoms with Gasteiger partial charge in [0, 0.05) is 10.9 Å². The van der Waals surface area contributed by atoms with Gasteiger partial charge in [0.25, 0.3) is 0 Å². The largest absolute Gasteiger partial charge is 0.485 e. The van der Waals surface area contributed by atoms with Gasteiger partial charge in [-0.1, -0.05) is 20.8 Å². The average Bonchev–Trinajstić information content (AvgIpc) is 2.29. The molecule has 68 valence electrons. The van der Waals surface area contributed by atoms with Crippen molar-refractivity contribution < 1.29 is 9.13 Å². The summed E-state index contributed by atoms with van der Waals surface area (Å²) >= 11 is 1.31. The second-order valence-electron chi connectivity index (χ2n) is 3.70. The fourth-order valence-electron chi connectivity index (χ4n) is 0.970. The molecule has 0 fully saturated rings. The van der Waals surface area contributed by atoms with Gasteiger partial charge in [0.2, 0.25) is 5.06 Å². The third kappa shape index (κ3) is 1.61. The molecular weight excluding hydrogens is 175 g/mol. The van der Waals surface area contributed by atoms with Gasteiger partial charge in [-0.05, 0) is 5.41 Å². The fourth-order valence-corrected chi connectivity index (χ4v) is 1.96. The summed E-state index contributed by atoms with van der Waals surface area (Å²) in [6.45, 7) is 5.95. The van der Waals surface area contributed by atoms with E-state index in [1.165, 1.54) is 18.4 Å². The average molecular weight is 188 g/mol. The minimum absolute atomic E-state index is 0.142. The maximum atomic E-state index is 13.4. The van der Waals surface area contributed by atoms with Crippen molar-refractivity contribution in [2.45, 2.75) is 26.2 Å². The maximum absolute atomic E-state index is 13.4. The molecule has 0 atom stereocenters. The van der Waals surface area contributed by atoms with Crippen LogP contribution in [0.15, 0.2) is 5.38 Å². The first kappa shape index (κ1) is 9.52. The molecule has 0 saturated carbocycles. The summed E-state index contributed by atoms with van der Waals surface area (Å²) in [4.78, 5) is 0. The Morgan fingerprint density at radius 3 is 2.25 bits per heavy atom. The van der Waals surface area contributed by atoms with Crippen molar-refractivity contribution in [2.75, 3.05) is 7.11 Å². The number of hydrogen-bond donors (Lipinski definition) is 0. The van der Waals surface area contributed by atoms with Crippen LogP contribution in [0, 0.1) is 5.82 Å². The molecule has 0 bridgehead atoms. The first-order chi connectivity index (χ1) is 5.46. The summed E-state index contributed by atoms with van der Waals surface area (Å²) in [6.07, 6.45) is 0. The molecule has 0 spiro atoms. The zero-order valence-electron chi connectivity index (χ0n) is 7.77. The van der Waals surface area contributed by atoms with Crippen molar-refractivity contribution in [3.8, 4) is 5.06 Å². The lowest BCUT2D eigenvalue weighted by Gasteiger charge is -2.16. The standard InChI is InChI=1S/C9H13FOS/c1-9(2,3)6-5-12-8(11-4)7(6)10/h5H,1-4H3. The van der Waals surface area contributed by atoms with Crippen LogP contribution in [0.1, 0.15) is 26.3 Å². The van der Waals surface area contributed by atoms with E-state index in [1.807, 2.05) is 26.2 Å². The van der Waals surface area contributed by atoms with Crippen molar-refractivity contribution in [1.82, 2.24) is 0 Å². The van der Waals surface area contributed by atoms with Gasteiger partial charge in [-0.3, -0.25) is 0 Å². The minimum Gasteiger partial charge on any atom is -0.485 e. The third-order valence-electron chi connectivity index (χ3n) is 1.69. The van der Waals surface area contributed by atoms with Gasteiger partial charge < -0.3 is 4.74 Å². The Bertz CT molecular complexity index is 273. The number of methoxy groups -OCH3 is 1. The molecule has 0 saturated heterocycles. The zero-order valence-corrected chi connectivity index (χ0v) is 8.59. The quantitative estimate of drug-likeness (QED) is 0.657. The van der Waals surface area contributed by atoms with Gasteiger partial charge in [0.15, 0.2) is 5.82 Å². The summed E-state index contributed by atoms with van der Waals surface area (Å²) in [5.41, 5.74) is 0.585. The minimum atomic E-state index is -0.213. The van der Waals surface area contributed by atoms with E-state index in [0.717, 1.165) is 5.56 Å². The van der Waals surface area contributed by atoms with Crippen molar-refractivity contribution in [2.24, 2.45) is 0 Å². The van der Waals surface area contributed by atoms with Crippen LogP contribution in [0.2, 0.25) is 0 Å². The Hall–Kier alpha value is -0.570.